The molecular weight excluding hydrogens is 342 g/mol. The zero-order chi connectivity index (χ0) is 19.2. The summed E-state index contributed by atoms with van der Waals surface area (Å²) in [5.74, 6) is 0.719. The van der Waals surface area contributed by atoms with Crippen LogP contribution in [0.1, 0.15) is 17.3 Å². The van der Waals surface area contributed by atoms with Crippen LogP contribution in [0, 0.1) is 0 Å². The summed E-state index contributed by atoms with van der Waals surface area (Å²) in [6.45, 7) is 7.89. The smallest absolute Gasteiger partial charge is 0.263 e. The minimum absolute atomic E-state index is 0.253. The molecule has 0 spiro atoms. The average molecular weight is 370 g/mol. The van der Waals surface area contributed by atoms with E-state index in [9.17, 15) is 4.79 Å². The number of carbonyl (C=O) groups is 1. The number of rotatable bonds is 6. The van der Waals surface area contributed by atoms with Crippen molar-refractivity contribution in [2.24, 2.45) is 0 Å². The molecule has 27 heavy (non-hydrogen) atoms. The van der Waals surface area contributed by atoms with Gasteiger partial charge in [0.2, 0.25) is 0 Å². The topological polar surface area (TPSA) is 55.2 Å². The number of piperazine rings is 1. The van der Waals surface area contributed by atoms with Crippen LogP contribution in [0.15, 0.2) is 42.5 Å². The molecule has 1 aliphatic rings. The highest BCUT2D eigenvalue weighted by atomic mass is 16.5. The van der Waals surface area contributed by atoms with Crippen molar-refractivity contribution < 1.29 is 19.2 Å². The van der Waals surface area contributed by atoms with E-state index in [1.165, 1.54) is 25.3 Å². The number of hydrogen-bond acceptors (Lipinski definition) is 4. The number of anilines is 2. The Kier molecular flexibility index (Phi) is 6.19. The third kappa shape index (κ3) is 4.34. The molecule has 0 atom stereocenters. The first-order chi connectivity index (χ1) is 13.2. The second kappa shape index (κ2) is 8.77. The van der Waals surface area contributed by atoms with E-state index in [-0.39, 0.29) is 5.91 Å². The fraction of sp³-hybridized carbons (Fsp3) is 0.381. The van der Waals surface area contributed by atoms with Gasteiger partial charge in [-0.25, -0.2) is 0 Å². The lowest BCUT2D eigenvalue weighted by Crippen LogP contribution is -3.14. The summed E-state index contributed by atoms with van der Waals surface area (Å²) in [4.78, 5) is 16.8. The van der Waals surface area contributed by atoms with Gasteiger partial charge in [0.25, 0.3) is 5.91 Å². The Bertz CT molecular complexity index is 746. The fourth-order valence-electron chi connectivity index (χ4n) is 3.46. The summed E-state index contributed by atoms with van der Waals surface area (Å²) in [6.07, 6.45) is 0. The molecule has 0 saturated carbocycles. The summed E-state index contributed by atoms with van der Waals surface area (Å²) < 4.78 is 10.6. The molecule has 2 aromatic carbocycles. The molecule has 3 rings (SSSR count). The average Bonchev–Trinajstić information content (AvgIpc) is 2.73. The van der Waals surface area contributed by atoms with Gasteiger partial charge >= 0.3 is 0 Å². The standard InChI is InChI=1S/C21H27N3O3/c1-4-23-12-14-24(15-13-23)17-10-8-16(9-11-17)22-21(25)20-18(26-2)6-5-7-19(20)27-3/h5-11H,4,12-15H2,1-3H3,(H,22,25)/p+1. The molecule has 0 aromatic heterocycles. The highest BCUT2D eigenvalue weighted by molar-refractivity contribution is 6.08. The van der Waals surface area contributed by atoms with Crippen LogP contribution in [0.2, 0.25) is 0 Å². The third-order valence-electron chi connectivity index (χ3n) is 5.12. The monoisotopic (exact) mass is 370 g/mol. The van der Waals surface area contributed by atoms with Crippen LogP contribution in [0.3, 0.4) is 0 Å². The highest BCUT2D eigenvalue weighted by Crippen LogP contribution is 2.29. The van der Waals surface area contributed by atoms with Gasteiger partial charge < -0.3 is 24.6 Å². The summed E-state index contributed by atoms with van der Waals surface area (Å²) in [5, 5.41) is 2.93. The van der Waals surface area contributed by atoms with E-state index in [2.05, 4.69) is 29.3 Å². The Morgan fingerprint density at radius 3 is 2.15 bits per heavy atom. The van der Waals surface area contributed by atoms with Gasteiger partial charge in [-0.2, -0.15) is 0 Å². The van der Waals surface area contributed by atoms with Gasteiger partial charge in [0.1, 0.15) is 17.1 Å². The summed E-state index contributed by atoms with van der Waals surface area (Å²) >= 11 is 0. The predicted octanol–water partition coefficient (Wildman–Crippen LogP) is 1.68. The molecule has 1 heterocycles. The molecule has 0 unspecified atom stereocenters. The molecule has 6 heteroatoms. The lowest BCUT2D eigenvalue weighted by Gasteiger charge is -2.33. The number of ether oxygens (including phenoxy) is 2. The predicted molar refractivity (Wildman–Crippen MR) is 107 cm³/mol. The zero-order valence-electron chi connectivity index (χ0n) is 16.2. The highest BCUT2D eigenvalue weighted by Gasteiger charge is 2.20. The Balaban J connectivity index is 1.69. The van der Waals surface area contributed by atoms with Gasteiger partial charge in [0, 0.05) is 11.4 Å². The number of likely N-dealkylation sites (N-methyl/N-ethyl adjacent to an activating group) is 1. The second-order valence-corrected chi connectivity index (χ2v) is 6.63. The summed E-state index contributed by atoms with van der Waals surface area (Å²) in [5.41, 5.74) is 2.33. The number of quaternary nitrogens is 1. The molecule has 1 saturated heterocycles. The van der Waals surface area contributed by atoms with Crippen molar-refractivity contribution in [3.63, 3.8) is 0 Å². The van der Waals surface area contributed by atoms with Crippen LogP contribution in [-0.2, 0) is 0 Å². The Morgan fingerprint density at radius 2 is 1.63 bits per heavy atom. The van der Waals surface area contributed by atoms with Crippen molar-refractivity contribution in [2.45, 2.75) is 6.92 Å². The lowest BCUT2D eigenvalue weighted by atomic mass is 10.1. The van der Waals surface area contributed by atoms with Gasteiger partial charge in [-0.15, -0.1) is 0 Å². The molecular formula is C21H28N3O3+. The van der Waals surface area contributed by atoms with Crippen LogP contribution >= 0.6 is 0 Å². The van der Waals surface area contributed by atoms with Crippen molar-refractivity contribution in [1.29, 1.82) is 0 Å². The van der Waals surface area contributed by atoms with Crippen molar-refractivity contribution in [2.75, 3.05) is 57.2 Å². The summed E-state index contributed by atoms with van der Waals surface area (Å²) in [6, 6.07) is 13.3. The maximum Gasteiger partial charge on any atom is 0.263 e. The van der Waals surface area contributed by atoms with E-state index in [1.54, 1.807) is 37.3 Å². The molecule has 0 aliphatic carbocycles. The van der Waals surface area contributed by atoms with E-state index >= 15 is 0 Å². The Labute approximate surface area is 160 Å². The van der Waals surface area contributed by atoms with Gasteiger partial charge in [0.05, 0.1) is 46.9 Å². The van der Waals surface area contributed by atoms with E-state index in [4.69, 9.17) is 9.47 Å². The molecule has 144 valence electrons. The molecule has 6 nitrogen and oxygen atoms in total. The molecule has 0 radical (unpaired) electrons. The van der Waals surface area contributed by atoms with Crippen LogP contribution in [0.25, 0.3) is 0 Å². The number of hydrogen-bond donors (Lipinski definition) is 2. The van der Waals surface area contributed by atoms with E-state index in [0.29, 0.717) is 17.1 Å². The second-order valence-electron chi connectivity index (χ2n) is 6.63. The van der Waals surface area contributed by atoms with Gasteiger partial charge in [-0.1, -0.05) is 6.07 Å². The number of nitrogens with one attached hydrogen (secondary N) is 2. The van der Waals surface area contributed by atoms with Crippen LogP contribution in [0.4, 0.5) is 11.4 Å². The van der Waals surface area contributed by atoms with Crippen molar-refractivity contribution in [1.82, 2.24) is 0 Å². The van der Waals surface area contributed by atoms with Crippen molar-refractivity contribution >= 4 is 17.3 Å². The zero-order valence-corrected chi connectivity index (χ0v) is 16.2. The maximum atomic E-state index is 12.7. The van der Waals surface area contributed by atoms with Gasteiger partial charge in [-0.3, -0.25) is 4.79 Å². The molecule has 2 aromatic rings. The van der Waals surface area contributed by atoms with E-state index in [1.807, 2.05) is 12.1 Å². The molecule has 1 amide bonds. The van der Waals surface area contributed by atoms with Crippen LogP contribution < -0.4 is 24.6 Å². The number of nitrogens with zero attached hydrogens (tertiary/aromatic N) is 1. The van der Waals surface area contributed by atoms with Crippen molar-refractivity contribution in [3.05, 3.63) is 48.0 Å². The third-order valence-corrected chi connectivity index (χ3v) is 5.12. The quantitative estimate of drug-likeness (QED) is 0.812. The molecule has 0 bridgehead atoms. The fourth-order valence-corrected chi connectivity index (χ4v) is 3.46. The van der Waals surface area contributed by atoms with E-state index in [0.717, 1.165) is 18.8 Å². The summed E-state index contributed by atoms with van der Waals surface area (Å²) in [7, 11) is 3.08. The SMILES string of the molecule is CC[NH+]1CCN(c2ccc(NC(=O)c3c(OC)cccc3OC)cc2)CC1. The lowest BCUT2D eigenvalue weighted by molar-refractivity contribution is -0.898. The minimum atomic E-state index is -0.253. The van der Waals surface area contributed by atoms with Crippen molar-refractivity contribution in [3.8, 4) is 11.5 Å². The molecule has 1 aliphatic heterocycles. The molecule has 2 N–H and O–H groups in total. The van der Waals surface area contributed by atoms with Gasteiger partial charge in [0.15, 0.2) is 0 Å². The number of amides is 1. The minimum Gasteiger partial charge on any atom is -0.496 e. The first kappa shape index (κ1) is 19.0. The van der Waals surface area contributed by atoms with Gasteiger partial charge in [-0.05, 0) is 43.3 Å². The number of carbonyl (C=O) groups excluding carboxylic acids is 1. The van der Waals surface area contributed by atoms with Crippen LogP contribution in [0.5, 0.6) is 11.5 Å². The normalized spacial score (nSPS) is 14.7. The number of benzene rings is 2. The van der Waals surface area contributed by atoms with Crippen LogP contribution in [-0.4, -0.2) is 52.9 Å². The Morgan fingerprint density at radius 1 is 1.04 bits per heavy atom. The first-order valence-corrected chi connectivity index (χ1v) is 9.37. The number of methoxy groups -OCH3 is 2. The maximum absolute atomic E-state index is 12.7. The largest absolute Gasteiger partial charge is 0.496 e. The Hall–Kier alpha value is -2.73. The van der Waals surface area contributed by atoms with E-state index < -0.39 is 0 Å². The molecule has 1 fully saturated rings. The first-order valence-electron chi connectivity index (χ1n) is 9.37.